The quantitative estimate of drug-likeness (QED) is 0.439. The summed E-state index contributed by atoms with van der Waals surface area (Å²) >= 11 is 6.61. The van der Waals surface area contributed by atoms with Gasteiger partial charge in [0, 0.05) is 5.56 Å². The molecule has 1 amide bonds. The van der Waals surface area contributed by atoms with Crippen LogP contribution in [0.25, 0.3) is 6.08 Å². The first-order valence-corrected chi connectivity index (χ1v) is 8.52. The molecule has 1 fully saturated rings. The molecule has 0 bridgehead atoms. The van der Waals surface area contributed by atoms with Crippen molar-refractivity contribution in [1.82, 2.24) is 4.90 Å². The molecule has 1 aliphatic rings. The molecule has 0 N–H and O–H groups in total. The topological polar surface area (TPSA) is 42.7 Å². The lowest BCUT2D eigenvalue weighted by Crippen LogP contribution is -2.27. The standard InChI is InChI=1S/C18H15NO3S2/c1-2-9-22-15-8-4-3-6-13(15)11-16-17(20)19(18(23)24-16)12-14-7-5-10-21-14/h2-8,10-11H,1,9,12H2/b16-11-. The number of para-hydroxylation sites is 1. The highest BCUT2D eigenvalue weighted by Crippen LogP contribution is 2.35. The van der Waals surface area contributed by atoms with Gasteiger partial charge in [-0.05, 0) is 24.3 Å². The van der Waals surface area contributed by atoms with Crippen molar-refractivity contribution in [3.8, 4) is 5.75 Å². The normalized spacial score (nSPS) is 16.0. The summed E-state index contributed by atoms with van der Waals surface area (Å²) < 4.78 is 11.4. The highest BCUT2D eigenvalue weighted by atomic mass is 32.2. The van der Waals surface area contributed by atoms with Crippen molar-refractivity contribution < 1.29 is 13.9 Å². The Kier molecular flexibility index (Phi) is 5.17. The van der Waals surface area contributed by atoms with E-state index in [1.54, 1.807) is 24.5 Å². The van der Waals surface area contributed by atoms with Crippen molar-refractivity contribution in [2.24, 2.45) is 0 Å². The van der Waals surface area contributed by atoms with Crippen molar-refractivity contribution >= 4 is 40.3 Å². The van der Waals surface area contributed by atoms with E-state index < -0.39 is 0 Å². The summed E-state index contributed by atoms with van der Waals surface area (Å²) in [7, 11) is 0. The van der Waals surface area contributed by atoms with E-state index in [-0.39, 0.29) is 5.91 Å². The minimum Gasteiger partial charge on any atom is -0.489 e. The first-order chi connectivity index (χ1) is 11.7. The smallest absolute Gasteiger partial charge is 0.266 e. The molecule has 0 unspecified atom stereocenters. The summed E-state index contributed by atoms with van der Waals surface area (Å²) in [5, 5.41) is 0. The fourth-order valence-corrected chi connectivity index (χ4v) is 3.46. The molecule has 1 saturated heterocycles. The van der Waals surface area contributed by atoms with Gasteiger partial charge in [0.15, 0.2) is 0 Å². The van der Waals surface area contributed by atoms with Crippen LogP contribution in [-0.2, 0) is 11.3 Å². The van der Waals surface area contributed by atoms with Gasteiger partial charge in [0.1, 0.15) is 22.4 Å². The number of carbonyl (C=O) groups is 1. The lowest BCUT2D eigenvalue weighted by Gasteiger charge is -2.12. The summed E-state index contributed by atoms with van der Waals surface area (Å²) in [5.41, 5.74) is 0.831. The molecule has 0 spiro atoms. The summed E-state index contributed by atoms with van der Waals surface area (Å²) in [6, 6.07) is 11.2. The van der Waals surface area contributed by atoms with Gasteiger partial charge < -0.3 is 9.15 Å². The molecule has 2 aromatic rings. The van der Waals surface area contributed by atoms with Crippen LogP contribution in [0.3, 0.4) is 0 Å². The zero-order chi connectivity index (χ0) is 16.9. The number of thiocarbonyl (C=S) groups is 1. The maximum Gasteiger partial charge on any atom is 0.266 e. The number of rotatable bonds is 6. The van der Waals surface area contributed by atoms with Crippen LogP contribution in [0, 0.1) is 0 Å². The Balaban J connectivity index is 1.82. The predicted molar refractivity (Wildman–Crippen MR) is 99.6 cm³/mol. The summed E-state index contributed by atoms with van der Waals surface area (Å²) in [6.07, 6.45) is 5.06. The van der Waals surface area contributed by atoms with E-state index >= 15 is 0 Å². The number of hydrogen-bond donors (Lipinski definition) is 0. The van der Waals surface area contributed by atoms with Crippen LogP contribution in [0.15, 0.2) is 64.6 Å². The number of furan rings is 1. The average Bonchev–Trinajstić information content (AvgIpc) is 3.18. The first-order valence-electron chi connectivity index (χ1n) is 7.29. The Bertz CT molecular complexity index is 796. The van der Waals surface area contributed by atoms with Crippen LogP contribution >= 0.6 is 24.0 Å². The minimum absolute atomic E-state index is 0.125. The Morgan fingerprint density at radius 3 is 2.88 bits per heavy atom. The highest BCUT2D eigenvalue weighted by molar-refractivity contribution is 8.26. The van der Waals surface area contributed by atoms with Crippen molar-refractivity contribution in [2.75, 3.05) is 6.61 Å². The highest BCUT2D eigenvalue weighted by Gasteiger charge is 2.32. The van der Waals surface area contributed by atoms with Gasteiger partial charge in [0.25, 0.3) is 5.91 Å². The third-order valence-electron chi connectivity index (χ3n) is 3.33. The molecular weight excluding hydrogens is 342 g/mol. The van der Waals surface area contributed by atoms with E-state index in [0.29, 0.717) is 33.9 Å². The van der Waals surface area contributed by atoms with Crippen LogP contribution in [0.1, 0.15) is 11.3 Å². The Labute approximate surface area is 149 Å². The number of nitrogens with zero attached hydrogens (tertiary/aromatic N) is 1. The SMILES string of the molecule is C=CCOc1ccccc1/C=C1\SC(=S)N(Cc2ccco2)C1=O. The third kappa shape index (κ3) is 3.60. The molecule has 6 heteroatoms. The lowest BCUT2D eigenvalue weighted by molar-refractivity contribution is -0.122. The van der Waals surface area contributed by atoms with Crippen molar-refractivity contribution in [3.63, 3.8) is 0 Å². The van der Waals surface area contributed by atoms with Crippen LogP contribution in [0.2, 0.25) is 0 Å². The number of thioether (sulfide) groups is 1. The number of ether oxygens (including phenoxy) is 1. The Morgan fingerprint density at radius 1 is 1.29 bits per heavy atom. The molecule has 1 aliphatic heterocycles. The van der Waals surface area contributed by atoms with Crippen LogP contribution in [-0.4, -0.2) is 21.7 Å². The van der Waals surface area contributed by atoms with Crippen molar-refractivity contribution in [1.29, 1.82) is 0 Å². The number of amides is 1. The van der Waals surface area contributed by atoms with Gasteiger partial charge in [0.05, 0.1) is 17.7 Å². The van der Waals surface area contributed by atoms with E-state index in [2.05, 4.69) is 6.58 Å². The van der Waals surface area contributed by atoms with Gasteiger partial charge in [-0.3, -0.25) is 9.69 Å². The average molecular weight is 357 g/mol. The van der Waals surface area contributed by atoms with Gasteiger partial charge in [-0.15, -0.1) is 0 Å². The summed E-state index contributed by atoms with van der Waals surface area (Å²) in [6.45, 7) is 4.39. The lowest BCUT2D eigenvalue weighted by atomic mass is 10.2. The molecule has 3 rings (SSSR count). The van der Waals surface area contributed by atoms with Crippen LogP contribution in [0.5, 0.6) is 5.75 Å². The van der Waals surface area contributed by atoms with E-state index in [1.165, 1.54) is 16.7 Å². The fourth-order valence-electron chi connectivity index (χ4n) is 2.22. The van der Waals surface area contributed by atoms with Crippen molar-refractivity contribution in [3.05, 3.63) is 71.5 Å². The molecule has 122 valence electrons. The number of carbonyl (C=O) groups excluding carboxylic acids is 1. The second kappa shape index (κ2) is 7.51. The third-order valence-corrected chi connectivity index (χ3v) is 4.71. The molecule has 0 radical (unpaired) electrons. The first kappa shape index (κ1) is 16.5. The van der Waals surface area contributed by atoms with Gasteiger partial charge in [-0.1, -0.05) is 54.8 Å². The zero-order valence-electron chi connectivity index (χ0n) is 12.8. The second-order valence-electron chi connectivity index (χ2n) is 4.98. The van der Waals surface area contributed by atoms with Crippen LogP contribution in [0.4, 0.5) is 0 Å². The van der Waals surface area contributed by atoms with Gasteiger partial charge in [-0.25, -0.2) is 0 Å². The largest absolute Gasteiger partial charge is 0.489 e. The second-order valence-corrected chi connectivity index (χ2v) is 6.66. The van der Waals surface area contributed by atoms with E-state index in [4.69, 9.17) is 21.4 Å². The molecule has 1 aromatic carbocycles. The molecule has 24 heavy (non-hydrogen) atoms. The molecule has 2 heterocycles. The van der Waals surface area contributed by atoms with Crippen molar-refractivity contribution in [2.45, 2.75) is 6.54 Å². The molecule has 1 aromatic heterocycles. The van der Waals surface area contributed by atoms with E-state index in [9.17, 15) is 4.79 Å². The Morgan fingerprint density at radius 2 is 2.12 bits per heavy atom. The van der Waals surface area contributed by atoms with Gasteiger partial charge in [-0.2, -0.15) is 0 Å². The van der Waals surface area contributed by atoms with Crippen LogP contribution < -0.4 is 4.74 Å². The number of hydrogen-bond acceptors (Lipinski definition) is 5. The van der Waals surface area contributed by atoms with E-state index in [0.717, 1.165) is 5.56 Å². The molecule has 0 atom stereocenters. The monoisotopic (exact) mass is 357 g/mol. The predicted octanol–water partition coefficient (Wildman–Crippen LogP) is 4.25. The maximum atomic E-state index is 12.6. The molecule has 0 aliphatic carbocycles. The fraction of sp³-hybridized carbons (Fsp3) is 0.111. The summed E-state index contributed by atoms with van der Waals surface area (Å²) in [4.78, 5) is 14.7. The minimum atomic E-state index is -0.125. The maximum absolute atomic E-state index is 12.6. The van der Waals surface area contributed by atoms with E-state index in [1.807, 2.05) is 30.3 Å². The molecule has 4 nitrogen and oxygen atoms in total. The summed E-state index contributed by atoms with van der Waals surface area (Å²) in [5.74, 6) is 1.27. The van der Waals surface area contributed by atoms with Gasteiger partial charge >= 0.3 is 0 Å². The number of benzene rings is 1. The molecular formula is C18H15NO3S2. The Hall–Kier alpha value is -2.31. The molecule has 0 saturated carbocycles. The van der Waals surface area contributed by atoms with Gasteiger partial charge in [0.2, 0.25) is 0 Å². The zero-order valence-corrected chi connectivity index (χ0v) is 14.4.